The van der Waals surface area contributed by atoms with E-state index in [9.17, 15) is 13.2 Å². The topological polar surface area (TPSA) is 84.9 Å². The molecule has 0 atom stereocenters. The van der Waals surface area contributed by atoms with Gasteiger partial charge in [-0.25, -0.2) is 8.42 Å². The van der Waals surface area contributed by atoms with Crippen molar-refractivity contribution in [2.24, 2.45) is 0 Å². The Morgan fingerprint density at radius 1 is 1.04 bits per heavy atom. The van der Waals surface area contributed by atoms with Crippen molar-refractivity contribution in [2.75, 3.05) is 32.6 Å². The zero-order valence-electron chi connectivity index (χ0n) is 15.3. The Morgan fingerprint density at radius 3 is 2.44 bits per heavy atom. The number of benzene rings is 2. The number of ether oxygens (including phenoxy) is 2. The summed E-state index contributed by atoms with van der Waals surface area (Å²) in [4.78, 5) is 12.8. The van der Waals surface area contributed by atoms with Crippen LogP contribution < -0.4 is 14.8 Å². The third kappa shape index (κ3) is 4.06. The van der Waals surface area contributed by atoms with E-state index in [1.165, 1.54) is 36.7 Å². The van der Waals surface area contributed by atoms with Gasteiger partial charge in [0.1, 0.15) is 11.5 Å². The summed E-state index contributed by atoms with van der Waals surface area (Å²) in [5.74, 6) is 0.444. The zero-order chi connectivity index (χ0) is 19.4. The molecule has 8 heteroatoms. The van der Waals surface area contributed by atoms with Crippen molar-refractivity contribution < 1.29 is 22.7 Å². The van der Waals surface area contributed by atoms with Crippen LogP contribution in [0.15, 0.2) is 47.4 Å². The van der Waals surface area contributed by atoms with Crippen molar-refractivity contribution in [3.63, 3.8) is 0 Å². The maximum atomic E-state index is 12.8. The van der Waals surface area contributed by atoms with E-state index in [0.29, 0.717) is 30.3 Å². The highest BCUT2D eigenvalue weighted by atomic mass is 32.2. The molecule has 0 unspecified atom stereocenters. The first-order valence-corrected chi connectivity index (χ1v) is 10.0. The highest BCUT2D eigenvalue weighted by molar-refractivity contribution is 7.89. The van der Waals surface area contributed by atoms with Gasteiger partial charge in [0.2, 0.25) is 10.0 Å². The number of anilines is 1. The van der Waals surface area contributed by atoms with Crippen molar-refractivity contribution in [1.82, 2.24) is 4.31 Å². The van der Waals surface area contributed by atoms with Crippen molar-refractivity contribution in [2.45, 2.75) is 17.7 Å². The lowest BCUT2D eigenvalue weighted by Gasteiger charge is -2.17. The quantitative estimate of drug-likeness (QED) is 0.820. The van der Waals surface area contributed by atoms with Gasteiger partial charge in [0.05, 0.1) is 24.7 Å². The molecule has 0 bridgehead atoms. The van der Waals surface area contributed by atoms with Gasteiger partial charge in [-0.1, -0.05) is 6.07 Å². The molecule has 2 aromatic carbocycles. The summed E-state index contributed by atoms with van der Waals surface area (Å²) < 4.78 is 37.4. The maximum Gasteiger partial charge on any atom is 0.259 e. The van der Waals surface area contributed by atoms with Gasteiger partial charge in [0, 0.05) is 24.8 Å². The van der Waals surface area contributed by atoms with Gasteiger partial charge in [0.25, 0.3) is 5.91 Å². The highest BCUT2D eigenvalue weighted by Gasteiger charge is 2.28. The molecule has 0 aliphatic carbocycles. The van der Waals surface area contributed by atoms with Gasteiger partial charge in [-0.3, -0.25) is 4.79 Å². The predicted molar refractivity (Wildman–Crippen MR) is 102 cm³/mol. The Labute approximate surface area is 158 Å². The average molecular weight is 390 g/mol. The molecule has 3 rings (SSSR count). The fourth-order valence-corrected chi connectivity index (χ4v) is 4.55. The van der Waals surface area contributed by atoms with Crippen LogP contribution in [-0.2, 0) is 10.0 Å². The number of nitrogens with zero attached hydrogens (tertiary/aromatic N) is 1. The summed E-state index contributed by atoms with van der Waals surface area (Å²) in [6.45, 7) is 0.999. The largest absolute Gasteiger partial charge is 0.497 e. The Hall–Kier alpha value is -2.58. The van der Waals surface area contributed by atoms with E-state index in [1.807, 2.05) is 0 Å². The zero-order valence-corrected chi connectivity index (χ0v) is 16.1. The number of hydrogen-bond donors (Lipinski definition) is 1. The van der Waals surface area contributed by atoms with E-state index < -0.39 is 15.9 Å². The lowest BCUT2D eigenvalue weighted by Crippen LogP contribution is -2.28. The molecule has 0 aromatic heterocycles. The summed E-state index contributed by atoms with van der Waals surface area (Å²) in [5, 5.41) is 2.75. The third-order valence-corrected chi connectivity index (χ3v) is 6.34. The number of hydrogen-bond acceptors (Lipinski definition) is 5. The second-order valence-corrected chi connectivity index (χ2v) is 8.10. The average Bonchev–Trinajstić information content (AvgIpc) is 3.23. The van der Waals surface area contributed by atoms with Gasteiger partial charge in [0.15, 0.2) is 0 Å². The number of nitrogens with one attached hydrogen (secondary N) is 1. The minimum Gasteiger partial charge on any atom is -0.497 e. The molecule has 0 spiro atoms. The van der Waals surface area contributed by atoms with Crippen LogP contribution in [-0.4, -0.2) is 45.9 Å². The van der Waals surface area contributed by atoms with Gasteiger partial charge in [-0.05, 0) is 43.2 Å². The van der Waals surface area contributed by atoms with Gasteiger partial charge in [-0.15, -0.1) is 0 Å². The predicted octanol–water partition coefficient (Wildman–Crippen LogP) is 2.74. The Morgan fingerprint density at radius 2 is 1.78 bits per heavy atom. The minimum atomic E-state index is -3.63. The molecule has 1 amide bonds. The molecule has 7 nitrogen and oxygen atoms in total. The normalized spacial score (nSPS) is 14.7. The van der Waals surface area contributed by atoms with Crippen LogP contribution in [0.1, 0.15) is 23.2 Å². The molecule has 144 valence electrons. The van der Waals surface area contributed by atoms with Crippen LogP contribution in [0.5, 0.6) is 11.5 Å². The van der Waals surface area contributed by atoms with E-state index in [4.69, 9.17) is 9.47 Å². The van der Waals surface area contributed by atoms with Crippen molar-refractivity contribution in [1.29, 1.82) is 0 Å². The molecule has 1 fully saturated rings. The van der Waals surface area contributed by atoms with E-state index in [1.54, 1.807) is 24.3 Å². The summed E-state index contributed by atoms with van der Waals surface area (Å²) in [6, 6.07) is 11.2. The second kappa shape index (κ2) is 7.98. The number of methoxy groups -OCH3 is 2. The SMILES string of the molecule is COc1cccc(NC(=O)c2cc(S(=O)(=O)N3CCCC3)ccc2OC)c1. The molecular formula is C19H22N2O5S. The monoisotopic (exact) mass is 390 g/mol. The molecular weight excluding hydrogens is 368 g/mol. The standard InChI is InChI=1S/C19H22N2O5S/c1-25-15-7-5-6-14(12-15)20-19(22)17-13-16(8-9-18(17)26-2)27(23,24)21-10-3-4-11-21/h5-9,12-13H,3-4,10-11H2,1-2H3,(H,20,22). The van der Waals surface area contributed by atoms with Crippen LogP contribution in [0.2, 0.25) is 0 Å². The van der Waals surface area contributed by atoms with Crippen LogP contribution >= 0.6 is 0 Å². The van der Waals surface area contributed by atoms with Gasteiger partial charge >= 0.3 is 0 Å². The summed E-state index contributed by atoms with van der Waals surface area (Å²) in [6.07, 6.45) is 1.69. The molecule has 1 heterocycles. The molecule has 1 aliphatic heterocycles. The number of rotatable bonds is 6. The Kier molecular flexibility index (Phi) is 5.67. The highest BCUT2D eigenvalue weighted by Crippen LogP contribution is 2.27. The van der Waals surface area contributed by atoms with Crippen molar-refractivity contribution in [3.8, 4) is 11.5 Å². The molecule has 1 saturated heterocycles. The number of sulfonamides is 1. The van der Waals surface area contributed by atoms with Crippen LogP contribution in [0.3, 0.4) is 0 Å². The summed E-state index contributed by atoms with van der Waals surface area (Å²) in [7, 11) is -0.650. The summed E-state index contributed by atoms with van der Waals surface area (Å²) >= 11 is 0. The molecule has 2 aromatic rings. The summed E-state index contributed by atoms with van der Waals surface area (Å²) in [5.41, 5.74) is 0.690. The molecule has 0 saturated carbocycles. The van der Waals surface area contributed by atoms with Crippen molar-refractivity contribution >= 4 is 21.6 Å². The first kappa shape index (κ1) is 19.2. The molecule has 27 heavy (non-hydrogen) atoms. The third-order valence-electron chi connectivity index (χ3n) is 4.45. The fraction of sp³-hybridized carbons (Fsp3) is 0.316. The number of carbonyl (C=O) groups excluding carboxylic acids is 1. The maximum absolute atomic E-state index is 12.8. The van der Waals surface area contributed by atoms with Crippen LogP contribution in [0.25, 0.3) is 0 Å². The van der Waals surface area contributed by atoms with Crippen molar-refractivity contribution in [3.05, 3.63) is 48.0 Å². The smallest absolute Gasteiger partial charge is 0.259 e. The lowest BCUT2D eigenvalue weighted by atomic mass is 10.2. The van der Waals surface area contributed by atoms with Gasteiger partial charge < -0.3 is 14.8 Å². The van der Waals surface area contributed by atoms with E-state index >= 15 is 0 Å². The van der Waals surface area contributed by atoms with Crippen LogP contribution in [0, 0.1) is 0 Å². The fourth-order valence-electron chi connectivity index (χ4n) is 3.00. The first-order valence-electron chi connectivity index (χ1n) is 8.59. The minimum absolute atomic E-state index is 0.0843. The molecule has 0 radical (unpaired) electrons. The molecule has 1 aliphatic rings. The first-order chi connectivity index (χ1) is 13.0. The number of amides is 1. The lowest BCUT2D eigenvalue weighted by molar-refractivity contribution is 0.102. The Bertz CT molecular complexity index is 937. The molecule has 1 N–H and O–H groups in total. The van der Waals surface area contributed by atoms with E-state index in [0.717, 1.165) is 12.8 Å². The van der Waals surface area contributed by atoms with E-state index in [-0.39, 0.29) is 10.5 Å². The number of carbonyl (C=O) groups is 1. The van der Waals surface area contributed by atoms with Crippen LogP contribution in [0.4, 0.5) is 5.69 Å². The second-order valence-electron chi connectivity index (χ2n) is 6.16. The van der Waals surface area contributed by atoms with E-state index in [2.05, 4.69) is 5.32 Å². The Balaban J connectivity index is 1.92. The van der Waals surface area contributed by atoms with Gasteiger partial charge in [-0.2, -0.15) is 4.31 Å².